The molecule has 9 nitrogen and oxygen atoms in total. The van der Waals surface area contributed by atoms with Crippen molar-refractivity contribution in [1.29, 1.82) is 5.26 Å². The SMILES string of the molecule is CCCCC(CC)CN(CC(CC)CCCC)C(=O)c1cccc(/N=N/c2c(O)[nH]c(=O)c(C#N)c2N)c1. The maximum Gasteiger partial charge on any atom is 0.270 e. The van der Waals surface area contributed by atoms with E-state index in [0.717, 1.165) is 64.5 Å². The molecular weight excluding hydrogens is 480 g/mol. The van der Waals surface area contributed by atoms with E-state index in [4.69, 9.17) is 11.0 Å². The topological polar surface area (TPSA) is 148 Å². The number of unbranched alkanes of at least 4 members (excludes halogenated alkanes) is 2. The second-order valence-electron chi connectivity index (χ2n) is 9.85. The Bertz CT molecular complexity index is 1170. The van der Waals surface area contributed by atoms with Crippen molar-refractivity contribution in [2.24, 2.45) is 22.1 Å². The lowest BCUT2D eigenvalue weighted by Crippen LogP contribution is -2.39. The zero-order valence-corrected chi connectivity index (χ0v) is 23.2. The Morgan fingerprint density at radius 1 is 1.08 bits per heavy atom. The molecule has 2 rings (SSSR count). The molecule has 0 spiro atoms. The highest BCUT2D eigenvalue weighted by Crippen LogP contribution is 2.33. The summed E-state index contributed by atoms with van der Waals surface area (Å²) in [5.74, 6) is 0.283. The number of nitriles is 1. The summed E-state index contributed by atoms with van der Waals surface area (Å²) in [6.07, 6.45) is 8.83. The van der Waals surface area contributed by atoms with E-state index >= 15 is 0 Å². The van der Waals surface area contributed by atoms with Gasteiger partial charge in [-0.25, -0.2) is 0 Å². The molecule has 1 heterocycles. The van der Waals surface area contributed by atoms with Crippen LogP contribution in [0, 0.1) is 23.2 Å². The number of H-pyrrole nitrogens is 1. The van der Waals surface area contributed by atoms with Gasteiger partial charge in [-0.3, -0.25) is 14.6 Å². The number of nitrogens with one attached hydrogen (secondary N) is 1. The molecule has 9 heteroatoms. The summed E-state index contributed by atoms with van der Waals surface area (Å²) in [6.45, 7) is 10.2. The van der Waals surface area contributed by atoms with Crippen molar-refractivity contribution in [2.75, 3.05) is 18.8 Å². The number of carbonyl (C=O) groups excluding carboxylic acids is 1. The van der Waals surface area contributed by atoms with Crippen molar-refractivity contribution in [3.8, 4) is 11.9 Å². The van der Waals surface area contributed by atoms with Gasteiger partial charge in [-0.15, -0.1) is 5.11 Å². The van der Waals surface area contributed by atoms with Crippen LogP contribution in [-0.2, 0) is 0 Å². The average Bonchev–Trinajstić information content (AvgIpc) is 2.91. The molecule has 0 radical (unpaired) electrons. The summed E-state index contributed by atoms with van der Waals surface area (Å²) in [7, 11) is 0. The average molecular weight is 523 g/mol. The number of nitrogens with two attached hydrogens (primary N) is 1. The van der Waals surface area contributed by atoms with Gasteiger partial charge in [-0.05, 0) is 42.9 Å². The van der Waals surface area contributed by atoms with Crippen LogP contribution in [0.4, 0.5) is 17.1 Å². The fraction of sp³-hybridized carbons (Fsp3) is 0.552. The molecule has 1 amide bonds. The molecule has 0 aliphatic heterocycles. The number of hydrogen-bond acceptors (Lipinski definition) is 7. The van der Waals surface area contributed by atoms with Crippen LogP contribution in [0.3, 0.4) is 0 Å². The van der Waals surface area contributed by atoms with Crippen LogP contribution in [0.5, 0.6) is 5.88 Å². The lowest BCUT2D eigenvalue weighted by atomic mass is 9.95. The number of rotatable bonds is 15. The number of aromatic nitrogens is 1. The smallest absolute Gasteiger partial charge is 0.270 e. The third-order valence-corrected chi connectivity index (χ3v) is 7.01. The zero-order valence-electron chi connectivity index (χ0n) is 23.2. The summed E-state index contributed by atoms with van der Waals surface area (Å²) < 4.78 is 0. The van der Waals surface area contributed by atoms with Crippen molar-refractivity contribution < 1.29 is 9.90 Å². The molecule has 4 N–H and O–H groups in total. The highest BCUT2D eigenvalue weighted by Gasteiger charge is 2.23. The lowest BCUT2D eigenvalue weighted by Gasteiger charge is -2.31. The Labute approximate surface area is 225 Å². The largest absolute Gasteiger partial charge is 0.493 e. The lowest BCUT2D eigenvalue weighted by molar-refractivity contribution is 0.0685. The number of nitrogens with zero attached hydrogens (tertiary/aromatic N) is 4. The first kappa shape index (κ1) is 30.6. The number of nitrogen functional groups attached to an aromatic ring is 1. The molecule has 1 aromatic carbocycles. The Morgan fingerprint density at radius 3 is 2.21 bits per heavy atom. The number of anilines is 1. The van der Waals surface area contributed by atoms with Crippen LogP contribution in [0.2, 0.25) is 0 Å². The molecule has 0 saturated carbocycles. The predicted octanol–water partition coefficient (Wildman–Crippen LogP) is 6.82. The van der Waals surface area contributed by atoms with Gasteiger partial charge in [0, 0.05) is 18.7 Å². The van der Waals surface area contributed by atoms with Crippen LogP contribution >= 0.6 is 0 Å². The zero-order chi connectivity index (χ0) is 28.1. The van der Waals surface area contributed by atoms with E-state index in [9.17, 15) is 14.7 Å². The summed E-state index contributed by atoms with van der Waals surface area (Å²) in [6, 6.07) is 8.54. The predicted molar refractivity (Wildman–Crippen MR) is 151 cm³/mol. The molecular formula is C29H42N6O3. The minimum Gasteiger partial charge on any atom is -0.493 e. The van der Waals surface area contributed by atoms with Gasteiger partial charge in [-0.1, -0.05) is 72.3 Å². The third-order valence-electron chi connectivity index (χ3n) is 7.01. The molecule has 0 aliphatic carbocycles. The number of hydrogen-bond donors (Lipinski definition) is 3. The van der Waals surface area contributed by atoms with Gasteiger partial charge < -0.3 is 15.7 Å². The van der Waals surface area contributed by atoms with Gasteiger partial charge in [0.2, 0.25) is 5.88 Å². The molecule has 0 bridgehead atoms. The molecule has 0 aliphatic rings. The van der Waals surface area contributed by atoms with E-state index in [1.807, 2.05) is 4.90 Å². The van der Waals surface area contributed by atoms with Gasteiger partial charge >= 0.3 is 0 Å². The third kappa shape index (κ3) is 8.44. The number of pyridine rings is 1. The van der Waals surface area contributed by atoms with Crippen molar-refractivity contribution >= 4 is 23.0 Å². The highest BCUT2D eigenvalue weighted by molar-refractivity contribution is 5.95. The summed E-state index contributed by atoms with van der Waals surface area (Å²) in [4.78, 5) is 29.7. The molecule has 206 valence electrons. The van der Waals surface area contributed by atoms with Gasteiger partial charge in [0.05, 0.1) is 11.4 Å². The van der Waals surface area contributed by atoms with E-state index in [1.165, 1.54) is 0 Å². The minimum atomic E-state index is -0.803. The molecule has 1 aromatic heterocycles. The molecule has 0 saturated heterocycles. The second-order valence-corrected chi connectivity index (χ2v) is 9.85. The van der Waals surface area contributed by atoms with Crippen LogP contribution < -0.4 is 11.3 Å². The first-order valence-electron chi connectivity index (χ1n) is 13.7. The molecule has 2 atom stereocenters. The number of benzene rings is 1. The number of azo groups is 1. The Balaban J connectivity index is 2.35. The Hall–Kier alpha value is -3.67. The maximum atomic E-state index is 13.8. The van der Waals surface area contributed by atoms with Crippen molar-refractivity contribution in [2.45, 2.75) is 79.1 Å². The van der Waals surface area contributed by atoms with Crippen molar-refractivity contribution in [1.82, 2.24) is 9.88 Å². The Kier molecular flexibility index (Phi) is 12.5. The molecule has 0 fully saturated rings. The summed E-state index contributed by atoms with van der Waals surface area (Å²) in [5, 5.41) is 27.3. The Morgan fingerprint density at radius 2 is 1.68 bits per heavy atom. The number of amides is 1. The minimum absolute atomic E-state index is 0.0369. The van der Waals surface area contributed by atoms with Gasteiger partial charge in [0.15, 0.2) is 5.69 Å². The molecule has 2 unspecified atom stereocenters. The fourth-order valence-corrected chi connectivity index (χ4v) is 4.50. The highest BCUT2D eigenvalue weighted by atomic mass is 16.3. The quantitative estimate of drug-likeness (QED) is 0.219. The van der Waals surface area contributed by atoms with Gasteiger partial charge in [0.1, 0.15) is 11.6 Å². The first-order chi connectivity index (χ1) is 18.3. The van der Waals surface area contributed by atoms with E-state index in [2.05, 4.69) is 42.9 Å². The number of carbonyl (C=O) groups is 1. The normalized spacial score (nSPS) is 12.8. The van der Waals surface area contributed by atoms with Crippen molar-refractivity contribution in [3.63, 3.8) is 0 Å². The van der Waals surface area contributed by atoms with E-state index in [1.54, 1.807) is 30.3 Å². The maximum absolute atomic E-state index is 13.8. The first-order valence-corrected chi connectivity index (χ1v) is 13.7. The number of aromatic amines is 1. The summed E-state index contributed by atoms with van der Waals surface area (Å²) in [5.41, 5.74) is 5.13. The van der Waals surface area contributed by atoms with E-state index < -0.39 is 11.4 Å². The van der Waals surface area contributed by atoms with Crippen LogP contribution in [0.25, 0.3) is 0 Å². The van der Waals surface area contributed by atoms with Crippen molar-refractivity contribution in [3.05, 3.63) is 45.7 Å². The van der Waals surface area contributed by atoms with E-state index in [-0.39, 0.29) is 22.8 Å². The van der Waals surface area contributed by atoms with Crippen LogP contribution in [0.15, 0.2) is 39.3 Å². The standard InChI is InChI=1S/C29H42N6O3/c1-5-9-12-20(7-3)18-35(19-21(8-4)13-10-6-2)29(38)22-14-11-15-23(16-22)33-34-26-25(31)24(17-30)27(36)32-28(26)37/h11,14-16,20-21H,5-10,12-13,18-19H2,1-4H3,(H4,31,32,36,37)/b34-33+. The number of aromatic hydroxyl groups is 1. The summed E-state index contributed by atoms with van der Waals surface area (Å²) >= 11 is 0. The van der Waals surface area contributed by atoms with Gasteiger partial charge in [-0.2, -0.15) is 10.4 Å². The molecule has 38 heavy (non-hydrogen) atoms. The monoisotopic (exact) mass is 522 g/mol. The van der Waals surface area contributed by atoms with Crippen LogP contribution in [0.1, 0.15) is 95.0 Å². The fourth-order valence-electron chi connectivity index (χ4n) is 4.50. The van der Waals surface area contributed by atoms with Crippen LogP contribution in [-0.4, -0.2) is 34.0 Å². The molecule has 2 aromatic rings. The van der Waals surface area contributed by atoms with E-state index in [0.29, 0.717) is 23.1 Å². The van der Waals surface area contributed by atoms with Gasteiger partial charge in [0.25, 0.3) is 11.5 Å². The second kappa shape index (κ2) is 15.6.